The predicted molar refractivity (Wildman–Crippen MR) is 107 cm³/mol. The normalized spacial score (nSPS) is 10.3. The maximum atomic E-state index is 13.0. The van der Waals surface area contributed by atoms with Gasteiger partial charge in [-0.2, -0.15) is 0 Å². The van der Waals surface area contributed by atoms with E-state index in [0.717, 1.165) is 5.56 Å². The fourth-order valence-electron chi connectivity index (χ4n) is 2.60. The number of carbonyl (C=O) groups excluding carboxylic acids is 2. The smallest absolute Gasteiger partial charge is 0.342 e. The molecule has 3 aromatic rings. The number of carbonyl (C=O) groups is 2. The number of anilines is 1. The molecule has 0 aromatic heterocycles. The van der Waals surface area contributed by atoms with Crippen LogP contribution >= 0.6 is 0 Å². The highest BCUT2D eigenvalue weighted by Crippen LogP contribution is 2.21. The van der Waals surface area contributed by atoms with Gasteiger partial charge in [0.05, 0.1) is 0 Å². The summed E-state index contributed by atoms with van der Waals surface area (Å²) in [6.07, 6.45) is 0. The largest absolute Gasteiger partial charge is 0.488 e. The topological polar surface area (TPSA) is 55.8 Å². The van der Waals surface area contributed by atoms with E-state index in [9.17, 15) is 14.0 Å². The van der Waals surface area contributed by atoms with Gasteiger partial charge in [-0.3, -0.25) is 4.79 Å². The van der Waals surface area contributed by atoms with Gasteiger partial charge in [0, 0.05) is 12.7 Å². The van der Waals surface area contributed by atoms with Gasteiger partial charge in [0.15, 0.2) is 6.61 Å². The zero-order valence-corrected chi connectivity index (χ0v) is 15.9. The summed E-state index contributed by atoms with van der Waals surface area (Å²) in [5, 5.41) is 0. The summed E-state index contributed by atoms with van der Waals surface area (Å²) in [5.74, 6) is -1.02. The molecular formula is C23H20FNO4. The summed E-state index contributed by atoms with van der Waals surface area (Å²) < 4.78 is 23.9. The van der Waals surface area contributed by atoms with Crippen LogP contribution in [0.25, 0.3) is 0 Å². The number of para-hydroxylation sites is 2. The molecule has 0 aliphatic heterocycles. The second-order valence-corrected chi connectivity index (χ2v) is 6.28. The molecule has 3 rings (SSSR count). The van der Waals surface area contributed by atoms with E-state index in [1.54, 1.807) is 55.6 Å². The number of hydrogen-bond acceptors (Lipinski definition) is 4. The van der Waals surface area contributed by atoms with Crippen molar-refractivity contribution in [1.82, 2.24) is 0 Å². The van der Waals surface area contributed by atoms with Crippen molar-refractivity contribution in [3.05, 3.63) is 95.8 Å². The fraction of sp³-hybridized carbons (Fsp3) is 0.130. The average molecular weight is 393 g/mol. The molecule has 1 amide bonds. The fourth-order valence-corrected chi connectivity index (χ4v) is 2.60. The van der Waals surface area contributed by atoms with Crippen LogP contribution in [-0.4, -0.2) is 25.5 Å². The number of amides is 1. The van der Waals surface area contributed by atoms with Gasteiger partial charge in [-0.05, 0) is 42.0 Å². The first-order valence-corrected chi connectivity index (χ1v) is 8.99. The van der Waals surface area contributed by atoms with E-state index in [4.69, 9.17) is 9.47 Å². The lowest BCUT2D eigenvalue weighted by atomic mass is 10.2. The van der Waals surface area contributed by atoms with Crippen molar-refractivity contribution in [2.24, 2.45) is 0 Å². The van der Waals surface area contributed by atoms with Crippen molar-refractivity contribution >= 4 is 17.6 Å². The summed E-state index contributed by atoms with van der Waals surface area (Å²) in [6, 6.07) is 21.6. The van der Waals surface area contributed by atoms with Gasteiger partial charge in [-0.1, -0.05) is 42.5 Å². The Bertz CT molecular complexity index is 974. The van der Waals surface area contributed by atoms with Crippen LogP contribution < -0.4 is 9.64 Å². The molecule has 0 atom stereocenters. The van der Waals surface area contributed by atoms with Gasteiger partial charge >= 0.3 is 5.97 Å². The minimum atomic E-state index is -0.658. The van der Waals surface area contributed by atoms with Crippen molar-refractivity contribution in [3.8, 4) is 5.75 Å². The molecule has 0 spiro atoms. The lowest BCUT2D eigenvalue weighted by Gasteiger charge is -2.17. The monoisotopic (exact) mass is 393 g/mol. The number of ether oxygens (including phenoxy) is 2. The molecule has 0 bridgehead atoms. The lowest BCUT2D eigenvalue weighted by molar-refractivity contribution is -0.121. The lowest BCUT2D eigenvalue weighted by Crippen LogP contribution is -2.31. The Morgan fingerprint density at radius 3 is 2.28 bits per heavy atom. The van der Waals surface area contributed by atoms with Crippen molar-refractivity contribution in [1.29, 1.82) is 0 Å². The zero-order chi connectivity index (χ0) is 20.6. The predicted octanol–water partition coefficient (Wildman–Crippen LogP) is 4.22. The Balaban J connectivity index is 1.60. The molecule has 5 nitrogen and oxygen atoms in total. The molecule has 29 heavy (non-hydrogen) atoms. The quantitative estimate of drug-likeness (QED) is 0.564. The number of esters is 1. The molecule has 0 saturated carbocycles. The number of likely N-dealkylation sites (N-methyl/N-ethyl adjacent to an activating group) is 1. The Kier molecular flexibility index (Phi) is 6.58. The summed E-state index contributed by atoms with van der Waals surface area (Å²) >= 11 is 0. The molecule has 0 radical (unpaired) electrons. The average Bonchev–Trinajstić information content (AvgIpc) is 2.77. The van der Waals surface area contributed by atoms with Gasteiger partial charge in [0.1, 0.15) is 23.7 Å². The Morgan fingerprint density at radius 2 is 1.55 bits per heavy atom. The standard InChI is InChI=1S/C23H20FNO4/c1-25(19-7-3-2-4-8-19)22(26)16-29-23(27)20-9-5-6-10-21(20)28-15-17-11-13-18(24)14-12-17/h2-14H,15-16H2,1H3. The molecule has 148 valence electrons. The second-order valence-electron chi connectivity index (χ2n) is 6.28. The minimum absolute atomic E-state index is 0.167. The van der Waals surface area contributed by atoms with Crippen LogP contribution in [0.2, 0.25) is 0 Å². The van der Waals surface area contributed by atoms with Gasteiger partial charge in [0.25, 0.3) is 5.91 Å². The number of halogens is 1. The van der Waals surface area contributed by atoms with Crippen LogP contribution in [-0.2, 0) is 16.1 Å². The van der Waals surface area contributed by atoms with Crippen molar-refractivity contribution in [3.63, 3.8) is 0 Å². The Labute approximate surface area is 168 Å². The minimum Gasteiger partial charge on any atom is -0.488 e. The van der Waals surface area contributed by atoms with Crippen LogP contribution in [0.4, 0.5) is 10.1 Å². The highest BCUT2D eigenvalue weighted by atomic mass is 19.1. The Morgan fingerprint density at radius 1 is 0.897 bits per heavy atom. The number of rotatable bonds is 7. The van der Waals surface area contributed by atoms with E-state index in [1.807, 2.05) is 18.2 Å². The first kappa shape index (κ1) is 20.1. The van der Waals surface area contributed by atoms with E-state index in [1.165, 1.54) is 17.0 Å². The zero-order valence-electron chi connectivity index (χ0n) is 15.9. The first-order valence-electron chi connectivity index (χ1n) is 8.99. The number of nitrogens with zero attached hydrogens (tertiary/aromatic N) is 1. The van der Waals surface area contributed by atoms with Crippen LogP contribution in [0.15, 0.2) is 78.9 Å². The van der Waals surface area contributed by atoms with E-state index >= 15 is 0 Å². The van der Waals surface area contributed by atoms with Gasteiger partial charge in [-0.15, -0.1) is 0 Å². The number of hydrogen-bond donors (Lipinski definition) is 0. The molecule has 6 heteroatoms. The van der Waals surface area contributed by atoms with Crippen LogP contribution in [0.3, 0.4) is 0 Å². The van der Waals surface area contributed by atoms with Crippen LogP contribution in [0.1, 0.15) is 15.9 Å². The SMILES string of the molecule is CN(C(=O)COC(=O)c1ccccc1OCc1ccc(F)cc1)c1ccccc1. The van der Waals surface area contributed by atoms with Crippen molar-refractivity contribution in [2.45, 2.75) is 6.61 Å². The maximum absolute atomic E-state index is 13.0. The molecule has 0 aliphatic carbocycles. The van der Waals surface area contributed by atoms with Crippen molar-refractivity contribution < 1.29 is 23.5 Å². The van der Waals surface area contributed by atoms with Gasteiger partial charge in [-0.25, -0.2) is 9.18 Å². The molecule has 0 unspecified atom stereocenters. The molecule has 0 N–H and O–H groups in total. The molecule has 0 fully saturated rings. The molecule has 0 heterocycles. The van der Waals surface area contributed by atoms with Gasteiger partial charge in [0.2, 0.25) is 0 Å². The molecule has 0 aliphatic rings. The third-order valence-electron chi connectivity index (χ3n) is 4.26. The van der Waals surface area contributed by atoms with Gasteiger partial charge < -0.3 is 14.4 Å². The number of benzene rings is 3. The molecule has 0 saturated heterocycles. The van der Waals surface area contributed by atoms with E-state index in [2.05, 4.69) is 0 Å². The third kappa shape index (κ3) is 5.42. The van der Waals surface area contributed by atoms with Crippen LogP contribution in [0.5, 0.6) is 5.75 Å². The maximum Gasteiger partial charge on any atom is 0.342 e. The van der Waals surface area contributed by atoms with Crippen molar-refractivity contribution in [2.75, 3.05) is 18.6 Å². The Hall–Kier alpha value is -3.67. The summed E-state index contributed by atoms with van der Waals surface area (Å²) in [5.41, 5.74) is 1.68. The first-order chi connectivity index (χ1) is 14.0. The summed E-state index contributed by atoms with van der Waals surface area (Å²) in [6.45, 7) is -0.225. The highest BCUT2D eigenvalue weighted by molar-refractivity contribution is 5.97. The van der Waals surface area contributed by atoms with E-state index < -0.39 is 12.6 Å². The van der Waals surface area contributed by atoms with Crippen LogP contribution in [0, 0.1) is 5.82 Å². The molecule has 3 aromatic carbocycles. The third-order valence-corrected chi connectivity index (χ3v) is 4.26. The summed E-state index contributed by atoms with van der Waals surface area (Å²) in [4.78, 5) is 26.2. The molecular weight excluding hydrogens is 373 g/mol. The second kappa shape index (κ2) is 9.50. The van der Waals surface area contributed by atoms with E-state index in [-0.39, 0.29) is 23.9 Å². The highest BCUT2D eigenvalue weighted by Gasteiger charge is 2.17. The summed E-state index contributed by atoms with van der Waals surface area (Å²) in [7, 11) is 1.62. The van der Waals surface area contributed by atoms with E-state index in [0.29, 0.717) is 11.4 Å².